The lowest BCUT2D eigenvalue weighted by Crippen LogP contribution is -2.30. The Morgan fingerprint density at radius 3 is 2.91 bits per heavy atom. The fraction of sp³-hybridized carbons (Fsp3) is 0.118. The van der Waals surface area contributed by atoms with Gasteiger partial charge in [0.25, 0.3) is 0 Å². The molecule has 0 spiro atoms. The van der Waals surface area contributed by atoms with Gasteiger partial charge in [0.2, 0.25) is 0 Å². The maximum absolute atomic E-state index is 13.3. The predicted molar refractivity (Wildman–Crippen MR) is 90.4 cm³/mol. The van der Waals surface area contributed by atoms with Gasteiger partial charge < -0.3 is 15.6 Å². The second-order valence-corrected chi connectivity index (χ2v) is 5.58. The molecule has 23 heavy (non-hydrogen) atoms. The molecular weight excluding hydrogens is 317 g/mol. The molecule has 2 aromatic carbocycles. The average molecular weight is 332 g/mol. The Balaban J connectivity index is 1.56. The van der Waals surface area contributed by atoms with Crippen LogP contribution in [0.2, 0.25) is 5.02 Å². The number of carbonyl (C=O) groups excluding carboxylic acids is 1. The standard InChI is InChI=1S/C17H15ClFN3O/c18-12-2-1-3-14(8-12)22-17(23)20-7-6-11-10-21-16-5-4-13(19)9-15(11)16/h1-5,8-10,21H,6-7H2,(H2,20,22,23). The summed E-state index contributed by atoms with van der Waals surface area (Å²) in [5.41, 5.74) is 2.47. The van der Waals surface area contributed by atoms with Gasteiger partial charge in [0.1, 0.15) is 5.82 Å². The highest BCUT2D eigenvalue weighted by Gasteiger charge is 2.06. The minimum Gasteiger partial charge on any atom is -0.361 e. The van der Waals surface area contributed by atoms with E-state index in [-0.39, 0.29) is 11.8 Å². The minimum absolute atomic E-state index is 0.273. The Morgan fingerprint density at radius 1 is 1.22 bits per heavy atom. The average Bonchev–Trinajstić information content (AvgIpc) is 2.90. The van der Waals surface area contributed by atoms with Crippen molar-refractivity contribution in [3.63, 3.8) is 0 Å². The first-order valence-corrected chi connectivity index (χ1v) is 7.55. The van der Waals surface area contributed by atoms with Gasteiger partial charge in [-0.3, -0.25) is 0 Å². The normalized spacial score (nSPS) is 10.7. The second kappa shape index (κ2) is 6.71. The topological polar surface area (TPSA) is 56.9 Å². The molecule has 0 radical (unpaired) electrons. The van der Waals surface area contributed by atoms with Gasteiger partial charge in [-0.1, -0.05) is 17.7 Å². The van der Waals surface area contributed by atoms with Crippen LogP contribution in [0.1, 0.15) is 5.56 Å². The number of hydrogen-bond donors (Lipinski definition) is 3. The van der Waals surface area contributed by atoms with Crippen LogP contribution in [-0.2, 0) is 6.42 Å². The molecule has 1 heterocycles. The summed E-state index contributed by atoms with van der Waals surface area (Å²) < 4.78 is 13.3. The molecular formula is C17H15ClFN3O. The van der Waals surface area contributed by atoms with Crippen LogP contribution in [0.15, 0.2) is 48.7 Å². The van der Waals surface area contributed by atoms with E-state index in [0.29, 0.717) is 23.7 Å². The number of rotatable bonds is 4. The Bertz CT molecular complexity index is 847. The summed E-state index contributed by atoms with van der Waals surface area (Å²) in [7, 11) is 0. The molecule has 3 N–H and O–H groups in total. The SMILES string of the molecule is O=C(NCCc1c[nH]c2ccc(F)cc12)Nc1cccc(Cl)c1. The summed E-state index contributed by atoms with van der Waals surface area (Å²) in [6.45, 7) is 0.440. The number of hydrogen-bond acceptors (Lipinski definition) is 1. The number of H-pyrrole nitrogens is 1. The maximum Gasteiger partial charge on any atom is 0.319 e. The third-order valence-corrected chi connectivity index (χ3v) is 3.73. The van der Waals surface area contributed by atoms with Crippen molar-refractivity contribution in [3.05, 3.63) is 65.1 Å². The van der Waals surface area contributed by atoms with Crippen molar-refractivity contribution in [3.8, 4) is 0 Å². The quantitative estimate of drug-likeness (QED) is 0.655. The van der Waals surface area contributed by atoms with Crippen molar-refractivity contribution >= 4 is 34.2 Å². The lowest BCUT2D eigenvalue weighted by molar-refractivity contribution is 0.252. The van der Waals surface area contributed by atoms with Gasteiger partial charge in [-0.15, -0.1) is 0 Å². The number of aromatic nitrogens is 1. The number of anilines is 1. The maximum atomic E-state index is 13.3. The first kappa shape index (κ1) is 15.4. The fourth-order valence-corrected chi connectivity index (χ4v) is 2.60. The van der Waals surface area contributed by atoms with Crippen molar-refractivity contribution in [1.29, 1.82) is 0 Å². The molecule has 118 valence electrons. The Morgan fingerprint density at radius 2 is 2.09 bits per heavy atom. The van der Waals surface area contributed by atoms with Gasteiger partial charge in [-0.25, -0.2) is 9.18 Å². The molecule has 0 saturated heterocycles. The molecule has 0 bridgehead atoms. The Hall–Kier alpha value is -2.53. The van der Waals surface area contributed by atoms with Gasteiger partial charge in [0.15, 0.2) is 0 Å². The summed E-state index contributed by atoms with van der Waals surface area (Å²) >= 11 is 5.86. The summed E-state index contributed by atoms with van der Waals surface area (Å²) in [5.74, 6) is -0.273. The molecule has 0 aliphatic carbocycles. The van der Waals surface area contributed by atoms with Crippen LogP contribution < -0.4 is 10.6 Å². The van der Waals surface area contributed by atoms with Gasteiger partial charge in [-0.05, 0) is 48.4 Å². The van der Waals surface area contributed by atoms with Crippen LogP contribution in [0, 0.1) is 5.82 Å². The van der Waals surface area contributed by atoms with E-state index in [0.717, 1.165) is 16.5 Å². The molecule has 3 aromatic rings. The summed E-state index contributed by atoms with van der Waals surface area (Å²) in [6.07, 6.45) is 2.44. The Kier molecular flexibility index (Phi) is 4.48. The van der Waals surface area contributed by atoms with Crippen LogP contribution in [0.5, 0.6) is 0 Å². The summed E-state index contributed by atoms with van der Waals surface area (Å²) in [6, 6.07) is 11.2. The van der Waals surface area contributed by atoms with Crippen molar-refractivity contribution in [2.45, 2.75) is 6.42 Å². The zero-order chi connectivity index (χ0) is 16.2. The van der Waals surface area contributed by atoms with Crippen molar-refractivity contribution in [2.24, 2.45) is 0 Å². The number of amides is 2. The van der Waals surface area contributed by atoms with Gasteiger partial charge >= 0.3 is 6.03 Å². The monoisotopic (exact) mass is 331 g/mol. The summed E-state index contributed by atoms with van der Waals surface area (Å²) in [5, 5.41) is 6.87. The van der Waals surface area contributed by atoms with Crippen LogP contribution in [-0.4, -0.2) is 17.6 Å². The third-order valence-electron chi connectivity index (χ3n) is 3.49. The van der Waals surface area contributed by atoms with Crippen LogP contribution >= 0.6 is 11.6 Å². The molecule has 0 saturated carbocycles. The van der Waals surface area contributed by atoms with E-state index in [1.165, 1.54) is 12.1 Å². The second-order valence-electron chi connectivity index (χ2n) is 5.15. The van der Waals surface area contributed by atoms with Crippen LogP contribution in [0.3, 0.4) is 0 Å². The van der Waals surface area contributed by atoms with E-state index in [9.17, 15) is 9.18 Å². The zero-order valence-corrected chi connectivity index (χ0v) is 13.0. The predicted octanol–water partition coefficient (Wildman–Crippen LogP) is 4.32. The number of aromatic amines is 1. The van der Waals surface area contributed by atoms with Gasteiger partial charge in [0.05, 0.1) is 0 Å². The van der Waals surface area contributed by atoms with Gasteiger partial charge in [-0.2, -0.15) is 0 Å². The fourth-order valence-electron chi connectivity index (χ4n) is 2.41. The molecule has 0 unspecified atom stereocenters. The third kappa shape index (κ3) is 3.81. The van der Waals surface area contributed by atoms with E-state index in [1.807, 2.05) is 6.20 Å². The van der Waals surface area contributed by atoms with E-state index in [4.69, 9.17) is 11.6 Å². The van der Waals surface area contributed by atoms with Crippen LogP contribution in [0.4, 0.5) is 14.9 Å². The highest BCUT2D eigenvalue weighted by Crippen LogP contribution is 2.19. The van der Waals surface area contributed by atoms with Crippen molar-refractivity contribution < 1.29 is 9.18 Å². The lowest BCUT2D eigenvalue weighted by atomic mass is 10.1. The first-order valence-electron chi connectivity index (χ1n) is 7.18. The zero-order valence-electron chi connectivity index (χ0n) is 12.2. The molecule has 2 amide bonds. The number of benzene rings is 2. The first-order chi connectivity index (χ1) is 11.1. The smallest absolute Gasteiger partial charge is 0.319 e. The van der Waals surface area contributed by atoms with E-state index in [2.05, 4.69) is 15.6 Å². The van der Waals surface area contributed by atoms with Gasteiger partial charge in [0, 0.05) is 34.4 Å². The molecule has 0 aliphatic rings. The number of urea groups is 1. The van der Waals surface area contributed by atoms with Crippen molar-refractivity contribution in [1.82, 2.24) is 10.3 Å². The van der Waals surface area contributed by atoms with Crippen molar-refractivity contribution in [2.75, 3.05) is 11.9 Å². The molecule has 4 nitrogen and oxygen atoms in total. The molecule has 0 atom stereocenters. The molecule has 1 aromatic heterocycles. The lowest BCUT2D eigenvalue weighted by Gasteiger charge is -2.07. The minimum atomic E-state index is -0.307. The molecule has 6 heteroatoms. The number of nitrogens with one attached hydrogen (secondary N) is 3. The highest BCUT2D eigenvalue weighted by molar-refractivity contribution is 6.30. The van der Waals surface area contributed by atoms with Crippen LogP contribution in [0.25, 0.3) is 10.9 Å². The summed E-state index contributed by atoms with van der Waals surface area (Å²) in [4.78, 5) is 14.9. The molecule has 3 rings (SSSR count). The number of halogens is 2. The molecule has 0 aliphatic heterocycles. The highest BCUT2D eigenvalue weighted by atomic mass is 35.5. The Labute approximate surface area is 137 Å². The number of fused-ring (bicyclic) bond motifs is 1. The molecule has 0 fully saturated rings. The van der Waals surface area contributed by atoms with E-state index >= 15 is 0 Å². The van der Waals surface area contributed by atoms with E-state index < -0.39 is 0 Å². The largest absolute Gasteiger partial charge is 0.361 e. The van der Waals surface area contributed by atoms with E-state index in [1.54, 1.807) is 30.3 Å². The number of carbonyl (C=O) groups is 1.